The predicted octanol–water partition coefficient (Wildman–Crippen LogP) is 3.95. The second-order valence-electron chi connectivity index (χ2n) is 7.45. The van der Waals surface area contributed by atoms with E-state index >= 15 is 0 Å². The Morgan fingerprint density at radius 1 is 1.48 bits per heavy atom. The quantitative estimate of drug-likeness (QED) is 0.505. The smallest absolute Gasteiger partial charge is 0.263 e. The maximum Gasteiger partial charge on any atom is 0.263 e. The van der Waals surface area contributed by atoms with Crippen LogP contribution in [0.1, 0.15) is 42.3 Å². The Balaban J connectivity index is 1.56. The molecule has 150 valence electrons. The number of thiophene rings is 1. The summed E-state index contributed by atoms with van der Waals surface area (Å²) < 4.78 is 1.39. The number of carbonyl (C=O) groups excluding carboxylic acids is 1. The summed E-state index contributed by atoms with van der Waals surface area (Å²) in [7, 11) is 0. The minimum atomic E-state index is -0.728. The van der Waals surface area contributed by atoms with Gasteiger partial charge in [0, 0.05) is 9.90 Å². The molecule has 1 N–H and O–H groups in total. The molecule has 0 radical (unpaired) electrons. The van der Waals surface area contributed by atoms with E-state index in [1.165, 1.54) is 22.0 Å². The van der Waals surface area contributed by atoms with E-state index in [9.17, 15) is 9.59 Å². The highest BCUT2D eigenvalue weighted by Crippen LogP contribution is 2.35. The molecule has 0 spiro atoms. The molecule has 1 aliphatic rings. The molecule has 2 atom stereocenters. The van der Waals surface area contributed by atoms with Crippen LogP contribution in [0.15, 0.2) is 40.5 Å². The van der Waals surface area contributed by atoms with E-state index in [0.717, 1.165) is 35.2 Å². The van der Waals surface area contributed by atoms with Gasteiger partial charge in [0.25, 0.3) is 11.5 Å². The summed E-state index contributed by atoms with van der Waals surface area (Å²) in [6.45, 7) is 3.90. The average molecular weight is 429 g/mol. The van der Waals surface area contributed by atoms with Gasteiger partial charge in [-0.1, -0.05) is 30.7 Å². The van der Waals surface area contributed by atoms with Crippen LogP contribution in [0.5, 0.6) is 0 Å². The summed E-state index contributed by atoms with van der Waals surface area (Å²) in [6.07, 6.45) is 5.92. The van der Waals surface area contributed by atoms with Crippen molar-refractivity contribution in [3.63, 3.8) is 0 Å². The number of hydrogen-bond acceptors (Lipinski definition) is 5. The topological polar surface area (TPSA) is 76.3 Å². The van der Waals surface area contributed by atoms with E-state index in [-0.39, 0.29) is 11.5 Å². The van der Waals surface area contributed by atoms with Crippen molar-refractivity contribution in [2.24, 2.45) is 11.0 Å². The van der Waals surface area contributed by atoms with Gasteiger partial charge in [0.15, 0.2) is 0 Å². The van der Waals surface area contributed by atoms with E-state index in [0.29, 0.717) is 16.3 Å². The molecule has 4 rings (SSSR count). The molecule has 29 heavy (non-hydrogen) atoms. The molecule has 0 fully saturated rings. The van der Waals surface area contributed by atoms with Crippen LogP contribution in [0.2, 0.25) is 5.02 Å². The van der Waals surface area contributed by atoms with Crippen molar-refractivity contribution in [2.45, 2.75) is 39.2 Å². The first-order valence-corrected chi connectivity index (χ1v) is 10.7. The average Bonchev–Trinajstić information content (AvgIpc) is 3.06. The molecule has 8 heteroatoms. The van der Waals surface area contributed by atoms with Crippen LogP contribution in [-0.4, -0.2) is 21.7 Å². The number of rotatable bonds is 4. The van der Waals surface area contributed by atoms with Gasteiger partial charge in [-0.2, -0.15) is 5.10 Å². The highest BCUT2D eigenvalue weighted by molar-refractivity contribution is 7.18. The SMILES string of the molecule is C[C@@H]1CCc2c(sc3ncn([C@@H](C)C(=O)N/N=C/c4cccc(Cl)c4)c(=O)c23)C1. The molecule has 2 aromatic heterocycles. The Morgan fingerprint density at radius 3 is 3.10 bits per heavy atom. The zero-order valence-electron chi connectivity index (χ0n) is 16.2. The van der Waals surface area contributed by atoms with Crippen LogP contribution in [0.25, 0.3) is 10.2 Å². The predicted molar refractivity (Wildman–Crippen MR) is 117 cm³/mol. The van der Waals surface area contributed by atoms with Gasteiger partial charge in [-0.15, -0.1) is 11.3 Å². The third-order valence-corrected chi connectivity index (χ3v) is 6.67. The first-order valence-electron chi connectivity index (χ1n) is 9.54. The summed E-state index contributed by atoms with van der Waals surface area (Å²) in [5.41, 5.74) is 4.21. The zero-order chi connectivity index (χ0) is 20.5. The number of nitrogens with one attached hydrogen (secondary N) is 1. The first kappa shape index (κ1) is 19.8. The molecule has 0 bridgehead atoms. The van der Waals surface area contributed by atoms with Crippen molar-refractivity contribution in [3.8, 4) is 0 Å². The number of aryl methyl sites for hydroxylation is 1. The number of benzene rings is 1. The van der Waals surface area contributed by atoms with Gasteiger partial charge in [-0.3, -0.25) is 14.2 Å². The Labute approximate surface area is 177 Å². The summed E-state index contributed by atoms with van der Waals surface area (Å²) in [5.74, 6) is 0.240. The van der Waals surface area contributed by atoms with E-state index in [1.807, 2.05) is 6.07 Å². The maximum atomic E-state index is 13.1. The summed E-state index contributed by atoms with van der Waals surface area (Å²) >= 11 is 7.54. The highest BCUT2D eigenvalue weighted by atomic mass is 35.5. The van der Waals surface area contributed by atoms with Crippen molar-refractivity contribution >= 4 is 45.3 Å². The van der Waals surface area contributed by atoms with E-state index < -0.39 is 6.04 Å². The van der Waals surface area contributed by atoms with Gasteiger partial charge < -0.3 is 0 Å². The molecular weight excluding hydrogens is 408 g/mol. The maximum absolute atomic E-state index is 13.1. The number of hydrazone groups is 1. The second kappa shape index (κ2) is 8.08. The Bertz CT molecular complexity index is 1170. The molecule has 6 nitrogen and oxygen atoms in total. The Morgan fingerprint density at radius 2 is 2.31 bits per heavy atom. The first-order chi connectivity index (χ1) is 13.9. The molecule has 2 heterocycles. The van der Waals surface area contributed by atoms with Crippen molar-refractivity contribution < 1.29 is 4.79 Å². The van der Waals surface area contributed by atoms with Crippen molar-refractivity contribution in [1.82, 2.24) is 15.0 Å². The number of hydrogen-bond donors (Lipinski definition) is 1. The largest absolute Gasteiger partial charge is 0.286 e. The summed E-state index contributed by atoms with van der Waals surface area (Å²) in [6, 6.07) is 6.40. The number of aromatic nitrogens is 2. The third-order valence-electron chi connectivity index (χ3n) is 5.27. The van der Waals surface area contributed by atoms with Crippen LogP contribution < -0.4 is 11.0 Å². The molecule has 1 aromatic carbocycles. The van der Waals surface area contributed by atoms with E-state index in [1.54, 1.807) is 36.5 Å². The van der Waals surface area contributed by atoms with Gasteiger partial charge in [0.05, 0.1) is 17.9 Å². The number of nitrogens with zero attached hydrogens (tertiary/aromatic N) is 3. The fourth-order valence-electron chi connectivity index (χ4n) is 3.60. The Kier molecular flexibility index (Phi) is 5.52. The molecule has 0 aliphatic heterocycles. The molecule has 3 aromatic rings. The fourth-order valence-corrected chi connectivity index (χ4v) is 5.14. The van der Waals surface area contributed by atoms with Gasteiger partial charge in [-0.05, 0) is 55.4 Å². The van der Waals surface area contributed by atoms with Gasteiger partial charge in [0.2, 0.25) is 0 Å². The minimum Gasteiger partial charge on any atom is -0.286 e. The van der Waals surface area contributed by atoms with Crippen LogP contribution >= 0.6 is 22.9 Å². The van der Waals surface area contributed by atoms with Gasteiger partial charge >= 0.3 is 0 Å². The number of fused-ring (bicyclic) bond motifs is 3. The molecular formula is C21H21ClN4O2S. The lowest BCUT2D eigenvalue weighted by Gasteiger charge is -2.18. The normalized spacial score (nSPS) is 17.4. The van der Waals surface area contributed by atoms with Crippen molar-refractivity contribution in [3.05, 3.63) is 62.0 Å². The molecule has 0 unspecified atom stereocenters. The molecule has 0 saturated heterocycles. The van der Waals surface area contributed by atoms with E-state index in [4.69, 9.17) is 11.6 Å². The van der Waals surface area contributed by atoms with E-state index in [2.05, 4.69) is 22.4 Å². The van der Waals surface area contributed by atoms with Crippen molar-refractivity contribution in [1.29, 1.82) is 0 Å². The fraction of sp³-hybridized carbons (Fsp3) is 0.333. The second-order valence-corrected chi connectivity index (χ2v) is 8.97. The lowest BCUT2D eigenvalue weighted by Crippen LogP contribution is -2.34. The zero-order valence-corrected chi connectivity index (χ0v) is 17.8. The lowest BCUT2D eigenvalue weighted by atomic mass is 9.89. The van der Waals surface area contributed by atoms with Crippen LogP contribution in [0.3, 0.4) is 0 Å². The lowest BCUT2D eigenvalue weighted by molar-refractivity contribution is -0.123. The number of carbonyl (C=O) groups is 1. The standard InChI is InChI=1S/C21H21ClN4O2S/c1-12-6-7-16-17(8-12)29-20-18(16)21(28)26(11-23-20)13(2)19(27)25-24-10-14-4-3-5-15(22)9-14/h3-5,9-13H,6-8H2,1-2H3,(H,25,27)/b24-10+/t12-,13+/m1/s1. The monoisotopic (exact) mass is 428 g/mol. The Hall–Kier alpha value is -2.51. The van der Waals surface area contributed by atoms with Crippen LogP contribution in [0, 0.1) is 5.92 Å². The number of halogens is 1. The summed E-state index contributed by atoms with van der Waals surface area (Å²) in [5, 5.41) is 5.23. The van der Waals surface area contributed by atoms with Crippen LogP contribution in [0.4, 0.5) is 0 Å². The summed E-state index contributed by atoms with van der Waals surface area (Å²) in [4.78, 5) is 32.1. The third kappa shape index (κ3) is 3.97. The van der Waals surface area contributed by atoms with Crippen LogP contribution in [-0.2, 0) is 17.6 Å². The highest BCUT2D eigenvalue weighted by Gasteiger charge is 2.25. The molecule has 1 aliphatic carbocycles. The van der Waals surface area contributed by atoms with Crippen molar-refractivity contribution in [2.75, 3.05) is 0 Å². The molecule has 0 saturated carbocycles. The minimum absolute atomic E-state index is 0.163. The van der Waals surface area contributed by atoms with Gasteiger partial charge in [-0.25, -0.2) is 10.4 Å². The molecule has 1 amide bonds. The number of amides is 1. The van der Waals surface area contributed by atoms with Gasteiger partial charge in [0.1, 0.15) is 10.9 Å².